The van der Waals surface area contributed by atoms with Crippen LogP contribution in [0.1, 0.15) is 18.1 Å². The molecule has 0 spiro atoms. The molecule has 3 rings (SSSR count). The fraction of sp³-hybridized carbons (Fsp3) is 0.190. The zero-order valence-electron chi connectivity index (χ0n) is 15.7. The minimum absolute atomic E-state index is 0.0333. The molecule has 0 radical (unpaired) electrons. The molecule has 0 unspecified atom stereocenters. The third-order valence-electron chi connectivity index (χ3n) is 3.99. The van der Waals surface area contributed by atoms with Gasteiger partial charge in [0.15, 0.2) is 5.82 Å². The first-order valence-electron chi connectivity index (χ1n) is 8.69. The van der Waals surface area contributed by atoms with Gasteiger partial charge in [-0.05, 0) is 50.1 Å². The molecule has 144 valence electrons. The molecule has 0 aliphatic rings. The highest BCUT2D eigenvalue weighted by atomic mass is 35.5. The van der Waals surface area contributed by atoms with Crippen molar-refractivity contribution < 1.29 is 19.0 Å². The number of aromatic nitrogens is 2. The standard InChI is InChI=1S/C21H19ClN2O4/c1-4-26-21(25)28-18-12-23-19(15-10-9-13(2)14(3)11-15)24-20(18)27-17-8-6-5-7-16(17)22/h5-12H,4H2,1-3H3. The summed E-state index contributed by atoms with van der Waals surface area (Å²) in [4.78, 5) is 20.5. The molecule has 0 N–H and O–H groups in total. The molecular formula is C21H19ClN2O4. The summed E-state index contributed by atoms with van der Waals surface area (Å²) < 4.78 is 15.8. The van der Waals surface area contributed by atoms with Gasteiger partial charge >= 0.3 is 6.16 Å². The minimum atomic E-state index is -0.867. The fourth-order valence-corrected chi connectivity index (χ4v) is 2.56. The van der Waals surface area contributed by atoms with Crippen molar-refractivity contribution in [3.05, 3.63) is 64.8 Å². The van der Waals surface area contributed by atoms with Gasteiger partial charge in [-0.25, -0.2) is 9.78 Å². The number of rotatable bonds is 5. The number of aryl methyl sites for hydroxylation is 2. The van der Waals surface area contributed by atoms with Crippen molar-refractivity contribution in [3.8, 4) is 28.8 Å². The van der Waals surface area contributed by atoms with Gasteiger partial charge in [0.2, 0.25) is 5.75 Å². The molecule has 0 saturated carbocycles. The molecule has 1 heterocycles. The maximum absolute atomic E-state index is 11.7. The molecule has 0 aliphatic carbocycles. The Morgan fingerprint density at radius 1 is 1.07 bits per heavy atom. The van der Waals surface area contributed by atoms with Crippen molar-refractivity contribution in [1.29, 1.82) is 0 Å². The molecular weight excluding hydrogens is 380 g/mol. The van der Waals surface area contributed by atoms with Crippen molar-refractivity contribution in [3.63, 3.8) is 0 Å². The molecule has 3 aromatic rings. The summed E-state index contributed by atoms with van der Waals surface area (Å²) >= 11 is 6.18. The molecule has 7 heteroatoms. The van der Waals surface area contributed by atoms with E-state index in [-0.39, 0.29) is 18.2 Å². The summed E-state index contributed by atoms with van der Waals surface area (Å²) in [5, 5.41) is 0.399. The zero-order valence-corrected chi connectivity index (χ0v) is 16.5. The second-order valence-electron chi connectivity index (χ2n) is 5.98. The second-order valence-corrected chi connectivity index (χ2v) is 6.39. The van der Waals surface area contributed by atoms with Gasteiger partial charge in [0, 0.05) is 5.56 Å². The fourth-order valence-electron chi connectivity index (χ4n) is 2.39. The van der Waals surface area contributed by atoms with Crippen LogP contribution < -0.4 is 9.47 Å². The molecule has 0 saturated heterocycles. The Morgan fingerprint density at radius 3 is 2.57 bits per heavy atom. The summed E-state index contributed by atoms with van der Waals surface area (Å²) in [7, 11) is 0. The Labute approximate surface area is 168 Å². The molecule has 6 nitrogen and oxygen atoms in total. The number of hydrogen-bond acceptors (Lipinski definition) is 6. The van der Waals surface area contributed by atoms with Gasteiger partial charge in [-0.2, -0.15) is 4.98 Å². The minimum Gasteiger partial charge on any atom is -0.434 e. The summed E-state index contributed by atoms with van der Waals surface area (Å²) in [5.41, 5.74) is 3.09. The van der Waals surface area contributed by atoms with E-state index < -0.39 is 6.16 Å². The van der Waals surface area contributed by atoms with Crippen molar-refractivity contribution in [1.82, 2.24) is 9.97 Å². The third kappa shape index (κ3) is 4.58. The Balaban J connectivity index is 2.01. The lowest BCUT2D eigenvalue weighted by molar-refractivity contribution is 0.103. The van der Waals surface area contributed by atoms with E-state index in [4.69, 9.17) is 25.8 Å². The lowest BCUT2D eigenvalue weighted by Gasteiger charge is -2.12. The van der Waals surface area contributed by atoms with Gasteiger partial charge in [0.25, 0.3) is 5.88 Å². The Hall–Kier alpha value is -3.12. The third-order valence-corrected chi connectivity index (χ3v) is 4.30. The van der Waals surface area contributed by atoms with Crippen LogP contribution in [0.25, 0.3) is 11.4 Å². The number of nitrogens with zero attached hydrogens (tertiary/aromatic N) is 2. The number of carbonyl (C=O) groups is 1. The van der Waals surface area contributed by atoms with Crippen LogP contribution in [0.2, 0.25) is 5.02 Å². The highest BCUT2D eigenvalue weighted by molar-refractivity contribution is 6.32. The zero-order chi connectivity index (χ0) is 20.1. The van der Waals surface area contributed by atoms with Gasteiger partial charge < -0.3 is 14.2 Å². The predicted molar refractivity (Wildman–Crippen MR) is 106 cm³/mol. The Kier molecular flexibility index (Phi) is 6.11. The van der Waals surface area contributed by atoms with Crippen LogP contribution in [0.15, 0.2) is 48.7 Å². The van der Waals surface area contributed by atoms with Crippen LogP contribution in [0.5, 0.6) is 17.4 Å². The first-order valence-corrected chi connectivity index (χ1v) is 9.07. The SMILES string of the molecule is CCOC(=O)Oc1cnc(-c2ccc(C)c(C)c2)nc1Oc1ccccc1Cl. The van der Waals surface area contributed by atoms with E-state index in [2.05, 4.69) is 9.97 Å². The van der Waals surface area contributed by atoms with Gasteiger partial charge in [-0.15, -0.1) is 0 Å². The molecule has 0 aliphatic heterocycles. The normalized spacial score (nSPS) is 10.4. The summed E-state index contributed by atoms with van der Waals surface area (Å²) in [6.45, 7) is 5.91. The highest BCUT2D eigenvalue weighted by Crippen LogP contribution is 2.34. The molecule has 0 bridgehead atoms. The Bertz CT molecular complexity index is 1010. The van der Waals surface area contributed by atoms with Crippen molar-refractivity contribution in [2.75, 3.05) is 6.61 Å². The molecule has 0 atom stereocenters. The highest BCUT2D eigenvalue weighted by Gasteiger charge is 2.17. The number of hydrogen-bond donors (Lipinski definition) is 0. The molecule has 2 aromatic carbocycles. The smallest absolute Gasteiger partial charge is 0.434 e. The first-order chi connectivity index (χ1) is 13.5. The molecule has 0 fully saturated rings. The summed E-state index contributed by atoms with van der Waals surface area (Å²) in [5.74, 6) is 0.902. The van der Waals surface area contributed by atoms with Crippen LogP contribution >= 0.6 is 11.6 Å². The van der Waals surface area contributed by atoms with Gasteiger partial charge in [-0.3, -0.25) is 0 Å². The molecule has 1 aromatic heterocycles. The van der Waals surface area contributed by atoms with Gasteiger partial charge in [-0.1, -0.05) is 35.9 Å². The number of carbonyl (C=O) groups excluding carboxylic acids is 1. The largest absolute Gasteiger partial charge is 0.514 e. The van der Waals surface area contributed by atoms with Crippen molar-refractivity contribution >= 4 is 17.8 Å². The quantitative estimate of drug-likeness (QED) is 0.510. The number of ether oxygens (including phenoxy) is 3. The van der Waals surface area contributed by atoms with E-state index >= 15 is 0 Å². The molecule has 0 amide bonds. The van der Waals surface area contributed by atoms with E-state index in [0.29, 0.717) is 16.6 Å². The van der Waals surface area contributed by atoms with E-state index in [1.807, 2.05) is 32.0 Å². The first kappa shape index (κ1) is 19.6. The van der Waals surface area contributed by atoms with Crippen molar-refractivity contribution in [2.45, 2.75) is 20.8 Å². The van der Waals surface area contributed by atoms with Crippen LogP contribution in [0.4, 0.5) is 4.79 Å². The number of para-hydroxylation sites is 1. The second kappa shape index (κ2) is 8.71. The topological polar surface area (TPSA) is 70.5 Å². The van der Waals surface area contributed by atoms with E-state index in [9.17, 15) is 4.79 Å². The monoisotopic (exact) mass is 398 g/mol. The van der Waals surface area contributed by atoms with Crippen molar-refractivity contribution in [2.24, 2.45) is 0 Å². The maximum Gasteiger partial charge on any atom is 0.514 e. The maximum atomic E-state index is 11.7. The lowest BCUT2D eigenvalue weighted by atomic mass is 10.1. The van der Waals surface area contributed by atoms with E-state index in [1.54, 1.807) is 31.2 Å². The molecule has 28 heavy (non-hydrogen) atoms. The predicted octanol–water partition coefficient (Wildman–Crippen LogP) is 5.74. The average Bonchev–Trinajstić information content (AvgIpc) is 2.67. The van der Waals surface area contributed by atoms with Gasteiger partial charge in [0.05, 0.1) is 17.8 Å². The Morgan fingerprint density at radius 2 is 1.86 bits per heavy atom. The number of halogens is 1. The summed E-state index contributed by atoms with van der Waals surface area (Å²) in [6.07, 6.45) is 0.509. The van der Waals surface area contributed by atoms with Gasteiger partial charge in [0.1, 0.15) is 5.75 Å². The number of benzene rings is 2. The average molecular weight is 399 g/mol. The van der Waals surface area contributed by atoms with E-state index in [0.717, 1.165) is 11.1 Å². The van der Waals surface area contributed by atoms with Crippen LogP contribution in [0, 0.1) is 13.8 Å². The van der Waals surface area contributed by atoms with Crippen LogP contribution in [-0.2, 0) is 4.74 Å². The van der Waals surface area contributed by atoms with E-state index in [1.165, 1.54) is 11.8 Å². The lowest BCUT2D eigenvalue weighted by Crippen LogP contribution is -2.11. The van der Waals surface area contributed by atoms with Crippen LogP contribution in [0.3, 0.4) is 0 Å². The summed E-state index contributed by atoms with van der Waals surface area (Å²) in [6, 6.07) is 12.8. The van der Waals surface area contributed by atoms with Crippen LogP contribution in [-0.4, -0.2) is 22.7 Å².